The number of urea groups is 2. The molecule has 0 spiro atoms. The normalized spacial score (nSPS) is 20.0. The van der Waals surface area contributed by atoms with E-state index >= 15 is 0 Å². The minimum atomic E-state index is -0.755. The average molecular weight is 422 g/mol. The number of hydrogen-bond donors (Lipinski definition) is 0. The van der Waals surface area contributed by atoms with Gasteiger partial charge in [-0.3, -0.25) is 38.8 Å². The molecule has 0 atom stereocenters. The van der Waals surface area contributed by atoms with Crippen LogP contribution in [0.1, 0.15) is 17.5 Å². The first-order valence-electron chi connectivity index (χ1n) is 9.34. The molecule has 2 fully saturated rings. The van der Waals surface area contributed by atoms with Crippen LogP contribution in [0, 0.1) is 0 Å². The zero-order valence-corrected chi connectivity index (χ0v) is 17.3. The summed E-state index contributed by atoms with van der Waals surface area (Å²) >= 11 is 0. The van der Waals surface area contributed by atoms with Crippen LogP contribution in [-0.4, -0.2) is 83.5 Å². The molecule has 8 amide bonds. The largest absolute Gasteiger partial charge is 0.333 e. The molecule has 31 heavy (non-hydrogen) atoms. The number of nitrogens with zero attached hydrogens (tertiary/aromatic N) is 4. The number of hydrogen-bond acceptors (Lipinski definition) is 6. The summed E-state index contributed by atoms with van der Waals surface area (Å²) in [5.74, 6) is -3.02. The van der Waals surface area contributed by atoms with Gasteiger partial charge in [-0.15, -0.1) is 0 Å². The van der Waals surface area contributed by atoms with E-state index in [4.69, 9.17) is 0 Å². The Morgan fingerprint density at radius 2 is 0.839 bits per heavy atom. The van der Waals surface area contributed by atoms with E-state index in [1.54, 1.807) is 24.3 Å². The van der Waals surface area contributed by atoms with Gasteiger partial charge in [0.25, 0.3) is 23.6 Å². The first-order valence-corrected chi connectivity index (χ1v) is 9.34. The maximum atomic E-state index is 12.8. The molecule has 0 radical (unpaired) electrons. The summed E-state index contributed by atoms with van der Waals surface area (Å²) < 4.78 is 0. The minimum Gasteiger partial charge on any atom is -0.268 e. The van der Waals surface area contributed by atoms with Crippen LogP contribution in [0.2, 0.25) is 0 Å². The molecule has 10 nitrogen and oxygen atoms in total. The molecule has 2 aliphatic heterocycles. The van der Waals surface area contributed by atoms with Gasteiger partial charge in [0.05, 0.1) is 0 Å². The number of amides is 8. The Balaban J connectivity index is 1.98. The van der Waals surface area contributed by atoms with Crippen LogP contribution in [-0.2, 0) is 19.2 Å². The Bertz CT molecular complexity index is 1050. The van der Waals surface area contributed by atoms with Crippen molar-refractivity contribution in [3.05, 3.63) is 46.5 Å². The third-order valence-electron chi connectivity index (χ3n) is 5.76. The average Bonchev–Trinajstić information content (AvgIpc) is 3.13. The van der Waals surface area contributed by atoms with Crippen LogP contribution < -0.4 is 0 Å². The highest BCUT2D eigenvalue weighted by Crippen LogP contribution is 2.45. The Morgan fingerprint density at radius 1 is 0.548 bits per heavy atom. The fraction of sp³-hybridized carbons (Fsp3) is 0.238. The van der Waals surface area contributed by atoms with Gasteiger partial charge in [0.1, 0.15) is 11.1 Å². The van der Waals surface area contributed by atoms with E-state index in [2.05, 4.69) is 0 Å². The predicted octanol–water partition coefficient (Wildman–Crippen LogP) is 0.698. The van der Waals surface area contributed by atoms with Crippen LogP contribution in [0.3, 0.4) is 0 Å². The molecule has 2 saturated heterocycles. The maximum absolute atomic E-state index is 12.8. The van der Waals surface area contributed by atoms with Crippen molar-refractivity contribution in [3.8, 4) is 0 Å². The lowest BCUT2D eigenvalue weighted by molar-refractivity contribution is -0.135. The van der Waals surface area contributed by atoms with Crippen molar-refractivity contribution < 1.29 is 28.8 Å². The second-order valence-electron chi connectivity index (χ2n) is 7.45. The van der Waals surface area contributed by atoms with Crippen molar-refractivity contribution in [1.82, 2.24) is 19.6 Å². The van der Waals surface area contributed by atoms with Crippen molar-refractivity contribution in [3.63, 3.8) is 0 Å². The Kier molecular flexibility index (Phi) is 4.38. The number of rotatable bonds is 0. The third kappa shape index (κ3) is 2.64. The minimum absolute atomic E-state index is 0.0509. The lowest BCUT2D eigenvalue weighted by Gasteiger charge is -2.30. The third-order valence-corrected chi connectivity index (χ3v) is 5.76. The number of barbiturate groups is 2. The number of benzene rings is 1. The van der Waals surface area contributed by atoms with Gasteiger partial charge in [-0.1, -0.05) is 24.3 Å². The molecule has 10 heteroatoms. The summed E-state index contributed by atoms with van der Waals surface area (Å²) in [5, 5.41) is 0. The number of likely N-dealkylation sites (N-methyl/N-ethyl adjacent to an activating group) is 4. The molecule has 158 valence electrons. The van der Waals surface area contributed by atoms with E-state index < -0.39 is 35.7 Å². The van der Waals surface area contributed by atoms with Crippen molar-refractivity contribution in [2.45, 2.75) is 6.42 Å². The van der Waals surface area contributed by atoms with Gasteiger partial charge in [0.15, 0.2) is 0 Å². The molecule has 0 aromatic heterocycles. The number of imide groups is 4. The van der Waals surface area contributed by atoms with Gasteiger partial charge in [0.2, 0.25) is 0 Å². The summed E-state index contributed by atoms with van der Waals surface area (Å²) in [6.07, 6.45) is -0.0509. The quantitative estimate of drug-likeness (QED) is 0.449. The maximum Gasteiger partial charge on any atom is 0.333 e. The van der Waals surface area contributed by atoms with Crippen molar-refractivity contribution in [1.29, 1.82) is 0 Å². The molecule has 0 unspecified atom stereocenters. The van der Waals surface area contributed by atoms with Crippen LogP contribution >= 0.6 is 0 Å². The Morgan fingerprint density at radius 3 is 1.13 bits per heavy atom. The van der Waals surface area contributed by atoms with Gasteiger partial charge in [0, 0.05) is 34.6 Å². The van der Waals surface area contributed by atoms with E-state index in [9.17, 15) is 28.8 Å². The first kappa shape index (κ1) is 20.2. The fourth-order valence-corrected chi connectivity index (χ4v) is 3.99. The van der Waals surface area contributed by atoms with E-state index in [1.807, 2.05) is 0 Å². The van der Waals surface area contributed by atoms with Crippen LogP contribution in [0.25, 0.3) is 11.1 Å². The van der Waals surface area contributed by atoms with Crippen LogP contribution in [0.4, 0.5) is 9.59 Å². The number of carbonyl (C=O) groups excluding carboxylic acids is 6. The zero-order chi connectivity index (χ0) is 22.8. The van der Waals surface area contributed by atoms with Gasteiger partial charge in [-0.2, -0.15) is 0 Å². The number of carbonyl (C=O) groups is 6. The Hall–Kier alpha value is -4.08. The van der Waals surface area contributed by atoms with Gasteiger partial charge in [-0.05, 0) is 22.3 Å². The van der Waals surface area contributed by atoms with Crippen molar-refractivity contribution in [2.75, 3.05) is 28.2 Å². The van der Waals surface area contributed by atoms with E-state index in [0.717, 1.165) is 19.6 Å². The lowest BCUT2D eigenvalue weighted by atomic mass is 9.97. The number of fused-ring (bicyclic) bond motifs is 1. The molecule has 4 rings (SSSR count). The monoisotopic (exact) mass is 422 g/mol. The molecule has 3 aliphatic rings. The highest BCUT2D eigenvalue weighted by Gasteiger charge is 2.45. The van der Waals surface area contributed by atoms with E-state index in [-0.39, 0.29) is 17.6 Å². The predicted molar refractivity (Wildman–Crippen MR) is 107 cm³/mol. The first-order chi connectivity index (χ1) is 14.6. The fourth-order valence-electron chi connectivity index (χ4n) is 3.99. The molecular weight excluding hydrogens is 404 g/mol. The van der Waals surface area contributed by atoms with Gasteiger partial charge >= 0.3 is 12.1 Å². The molecule has 0 saturated carbocycles. The molecule has 2 heterocycles. The lowest BCUT2D eigenvalue weighted by Crippen LogP contribution is -2.53. The zero-order valence-electron chi connectivity index (χ0n) is 17.3. The van der Waals surface area contributed by atoms with Crippen LogP contribution in [0.15, 0.2) is 35.4 Å². The topological polar surface area (TPSA) is 115 Å². The summed E-state index contributed by atoms with van der Waals surface area (Å²) in [6, 6.07) is 5.27. The SMILES string of the molecule is CN1C(=O)C(=C2CC(=C3C(=O)N(C)C(=O)N(C)C3=O)c3ccccc32)C(=O)N(C)C1=O. The van der Waals surface area contributed by atoms with Gasteiger partial charge < -0.3 is 0 Å². The Labute approximate surface area is 177 Å². The summed E-state index contributed by atoms with van der Waals surface area (Å²) in [5.41, 5.74) is 1.29. The molecule has 1 aromatic rings. The molecule has 0 bridgehead atoms. The summed E-state index contributed by atoms with van der Waals surface area (Å²) in [6.45, 7) is 0. The highest BCUT2D eigenvalue weighted by molar-refractivity contribution is 6.35. The number of allylic oxidation sites excluding steroid dienone is 2. The van der Waals surface area contributed by atoms with E-state index in [1.165, 1.54) is 28.2 Å². The summed E-state index contributed by atoms with van der Waals surface area (Å²) in [4.78, 5) is 78.9. The van der Waals surface area contributed by atoms with E-state index in [0.29, 0.717) is 22.3 Å². The van der Waals surface area contributed by atoms with Gasteiger partial charge in [-0.25, -0.2) is 9.59 Å². The summed E-state index contributed by atoms with van der Waals surface area (Å²) in [7, 11) is 5.10. The standard InChI is InChI=1S/C21H18N4O6/c1-22-16(26)14(17(27)23(2)20(22)30)12-9-13(11-8-6-5-7-10(11)12)15-18(28)24(3)21(31)25(4)19(15)29/h5-8H,9H2,1-4H3. The van der Waals surface area contributed by atoms with Crippen molar-refractivity contribution >= 4 is 46.8 Å². The molecular formula is C21H18N4O6. The highest BCUT2D eigenvalue weighted by atomic mass is 16.2. The molecule has 0 N–H and O–H groups in total. The van der Waals surface area contributed by atoms with Crippen LogP contribution in [0.5, 0.6) is 0 Å². The second kappa shape index (κ2) is 6.73. The van der Waals surface area contributed by atoms with Crippen molar-refractivity contribution in [2.24, 2.45) is 0 Å². The molecule has 1 aliphatic carbocycles. The molecule has 1 aromatic carbocycles. The smallest absolute Gasteiger partial charge is 0.268 e. The second-order valence-corrected chi connectivity index (χ2v) is 7.45.